The predicted octanol–water partition coefficient (Wildman–Crippen LogP) is 4.59. The molecule has 2 aromatic carbocycles. The molecule has 3 rings (SSSR count). The number of carboxylic acids is 1. The Kier molecular flexibility index (Phi) is 4.99. The molecule has 0 saturated carbocycles. The smallest absolute Gasteiger partial charge is 0.337 e. The number of carbonyl (C=O) groups excluding carboxylic acids is 1. The highest BCUT2D eigenvalue weighted by Gasteiger charge is 2.28. The van der Waals surface area contributed by atoms with Crippen LogP contribution in [0.5, 0.6) is 0 Å². The zero-order valence-corrected chi connectivity index (χ0v) is 15.0. The SMILES string of the molecule is O=C1C[C@@H](c2ccccc2)CC(Nc2ccccc2C(=O)O)=C1I. The molecular weight excluding hydrogens is 417 g/mol. The lowest BCUT2D eigenvalue weighted by Crippen LogP contribution is -2.20. The number of allylic oxidation sites excluding steroid dienone is 2. The minimum Gasteiger partial charge on any atom is -0.478 e. The van der Waals surface area contributed by atoms with Crippen LogP contribution < -0.4 is 5.32 Å². The van der Waals surface area contributed by atoms with Crippen LogP contribution in [0.2, 0.25) is 0 Å². The Bertz CT molecular complexity index is 814. The van der Waals surface area contributed by atoms with Crippen molar-refractivity contribution in [1.29, 1.82) is 0 Å². The van der Waals surface area contributed by atoms with Gasteiger partial charge in [-0.05, 0) is 52.6 Å². The molecule has 0 heterocycles. The summed E-state index contributed by atoms with van der Waals surface area (Å²) in [6, 6.07) is 16.7. The molecule has 5 heteroatoms. The van der Waals surface area contributed by atoms with Crippen LogP contribution in [0.15, 0.2) is 63.9 Å². The molecule has 4 nitrogen and oxygen atoms in total. The molecule has 1 aliphatic carbocycles. The molecule has 0 aromatic heterocycles. The van der Waals surface area contributed by atoms with Crippen LogP contribution in [0.1, 0.15) is 34.7 Å². The minimum absolute atomic E-state index is 0.0889. The highest BCUT2D eigenvalue weighted by atomic mass is 127. The second kappa shape index (κ2) is 7.17. The van der Waals surface area contributed by atoms with Crippen molar-refractivity contribution >= 4 is 40.0 Å². The number of rotatable bonds is 4. The Morgan fingerprint density at radius 1 is 1.04 bits per heavy atom. The van der Waals surface area contributed by atoms with Crippen molar-refractivity contribution in [2.75, 3.05) is 5.32 Å². The van der Waals surface area contributed by atoms with Gasteiger partial charge in [0.2, 0.25) is 0 Å². The number of hydrogen-bond acceptors (Lipinski definition) is 3. The Balaban J connectivity index is 1.91. The maximum atomic E-state index is 12.4. The summed E-state index contributed by atoms with van der Waals surface area (Å²) in [5.74, 6) is -0.793. The standard InChI is InChI=1S/C19H16INO3/c20-18-16(21-15-9-5-4-8-14(15)19(23)24)10-13(11-17(18)22)12-6-2-1-3-7-12/h1-9,13,21H,10-11H2,(H,23,24)/t13-/m0/s1. The molecule has 0 fully saturated rings. The van der Waals surface area contributed by atoms with Crippen molar-refractivity contribution in [1.82, 2.24) is 0 Å². The van der Waals surface area contributed by atoms with E-state index in [1.54, 1.807) is 24.3 Å². The van der Waals surface area contributed by atoms with Crippen LogP contribution >= 0.6 is 22.6 Å². The van der Waals surface area contributed by atoms with Gasteiger partial charge in [-0.3, -0.25) is 4.79 Å². The van der Waals surface area contributed by atoms with Gasteiger partial charge in [-0.1, -0.05) is 42.5 Å². The Morgan fingerprint density at radius 3 is 2.42 bits per heavy atom. The number of Topliss-reactive ketones (excluding diaryl/α,β-unsaturated/α-hetero) is 1. The summed E-state index contributed by atoms with van der Waals surface area (Å²) in [7, 11) is 0. The Morgan fingerprint density at radius 2 is 1.71 bits per heavy atom. The molecule has 2 N–H and O–H groups in total. The van der Waals surface area contributed by atoms with Gasteiger partial charge in [0.25, 0.3) is 0 Å². The van der Waals surface area contributed by atoms with Crippen molar-refractivity contribution in [2.24, 2.45) is 0 Å². The molecule has 0 bridgehead atoms. The molecule has 1 aliphatic rings. The fraction of sp³-hybridized carbons (Fsp3) is 0.158. The summed E-state index contributed by atoms with van der Waals surface area (Å²) in [6.07, 6.45) is 1.16. The molecule has 0 amide bonds. The third kappa shape index (κ3) is 3.51. The van der Waals surface area contributed by atoms with Gasteiger partial charge in [-0.15, -0.1) is 0 Å². The number of para-hydroxylation sites is 1. The average molecular weight is 433 g/mol. The number of aromatic carboxylic acids is 1. The van der Waals surface area contributed by atoms with E-state index < -0.39 is 5.97 Å². The van der Waals surface area contributed by atoms with Crippen molar-refractivity contribution in [3.63, 3.8) is 0 Å². The summed E-state index contributed by atoms with van der Waals surface area (Å²) in [5, 5.41) is 12.5. The van der Waals surface area contributed by atoms with E-state index in [2.05, 4.69) is 27.9 Å². The first-order valence-corrected chi connectivity index (χ1v) is 8.70. The van der Waals surface area contributed by atoms with Crippen molar-refractivity contribution in [3.8, 4) is 0 Å². The predicted molar refractivity (Wildman–Crippen MR) is 101 cm³/mol. The van der Waals surface area contributed by atoms with Crippen LogP contribution in [0, 0.1) is 0 Å². The largest absolute Gasteiger partial charge is 0.478 e. The van der Waals surface area contributed by atoms with E-state index in [-0.39, 0.29) is 17.3 Å². The second-order valence-corrected chi connectivity index (χ2v) is 6.79. The first kappa shape index (κ1) is 16.7. The van der Waals surface area contributed by atoms with Crippen LogP contribution in [0.3, 0.4) is 0 Å². The number of anilines is 1. The number of carbonyl (C=O) groups is 2. The van der Waals surface area contributed by atoms with E-state index >= 15 is 0 Å². The molecule has 0 unspecified atom stereocenters. The molecular formula is C19H16INO3. The molecule has 1 atom stereocenters. The first-order chi connectivity index (χ1) is 11.6. The summed E-state index contributed by atoms with van der Waals surface area (Å²) < 4.78 is 0.653. The fourth-order valence-electron chi connectivity index (χ4n) is 2.90. The second-order valence-electron chi connectivity index (χ2n) is 5.71. The number of halogens is 1. The lowest BCUT2D eigenvalue weighted by molar-refractivity contribution is -0.115. The van der Waals surface area contributed by atoms with Crippen molar-refractivity contribution < 1.29 is 14.7 Å². The van der Waals surface area contributed by atoms with Crippen LogP contribution in [0.25, 0.3) is 0 Å². The van der Waals surface area contributed by atoms with E-state index in [1.807, 2.05) is 30.3 Å². The Labute approximate surface area is 153 Å². The van der Waals surface area contributed by atoms with Crippen LogP contribution in [-0.4, -0.2) is 16.9 Å². The number of hydrogen-bond donors (Lipinski definition) is 2. The van der Waals surface area contributed by atoms with Gasteiger partial charge < -0.3 is 10.4 Å². The maximum Gasteiger partial charge on any atom is 0.337 e. The molecule has 0 spiro atoms. The summed E-state index contributed by atoms with van der Waals surface area (Å²) in [5.41, 5.74) is 2.62. The monoisotopic (exact) mass is 433 g/mol. The number of nitrogens with one attached hydrogen (secondary N) is 1. The van der Waals surface area contributed by atoms with Gasteiger partial charge in [0, 0.05) is 12.1 Å². The topological polar surface area (TPSA) is 66.4 Å². The van der Waals surface area contributed by atoms with E-state index in [0.717, 1.165) is 11.3 Å². The maximum absolute atomic E-state index is 12.4. The van der Waals surface area contributed by atoms with Crippen molar-refractivity contribution in [2.45, 2.75) is 18.8 Å². The Hall–Kier alpha value is -2.15. The van der Waals surface area contributed by atoms with E-state index in [9.17, 15) is 14.7 Å². The van der Waals surface area contributed by atoms with Gasteiger partial charge in [0.15, 0.2) is 5.78 Å². The molecule has 2 aromatic rings. The molecule has 0 saturated heterocycles. The van der Waals surface area contributed by atoms with Crippen LogP contribution in [0.4, 0.5) is 5.69 Å². The highest BCUT2D eigenvalue weighted by molar-refractivity contribution is 14.1. The van der Waals surface area contributed by atoms with Gasteiger partial charge in [-0.25, -0.2) is 4.79 Å². The summed E-state index contributed by atoms with van der Waals surface area (Å²) in [6.45, 7) is 0. The molecule has 0 radical (unpaired) electrons. The van der Waals surface area contributed by atoms with E-state index in [4.69, 9.17) is 0 Å². The van der Waals surface area contributed by atoms with Gasteiger partial charge in [0.05, 0.1) is 14.8 Å². The number of ketones is 1. The average Bonchev–Trinajstić information content (AvgIpc) is 2.60. The van der Waals surface area contributed by atoms with E-state index in [1.165, 1.54) is 0 Å². The summed E-state index contributed by atoms with van der Waals surface area (Å²) in [4.78, 5) is 23.7. The minimum atomic E-state index is -0.990. The zero-order chi connectivity index (χ0) is 17.1. The number of carboxylic acid groups (broad SMARTS) is 1. The number of benzene rings is 2. The third-order valence-corrected chi connectivity index (χ3v) is 5.36. The van der Waals surface area contributed by atoms with Crippen molar-refractivity contribution in [3.05, 3.63) is 75.0 Å². The first-order valence-electron chi connectivity index (χ1n) is 7.62. The van der Waals surface area contributed by atoms with Crippen LogP contribution in [-0.2, 0) is 4.79 Å². The highest BCUT2D eigenvalue weighted by Crippen LogP contribution is 2.37. The zero-order valence-electron chi connectivity index (χ0n) is 12.8. The van der Waals surface area contributed by atoms with Gasteiger partial charge in [0.1, 0.15) is 0 Å². The molecule has 0 aliphatic heterocycles. The third-order valence-electron chi connectivity index (χ3n) is 4.11. The summed E-state index contributed by atoms with van der Waals surface area (Å²) >= 11 is 2.05. The quantitative estimate of drug-likeness (QED) is 0.693. The van der Waals surface area contributed by atoms with Gasteiger partial charge >= 0.3 is 5.97 Å². The molecule has 24 heavy (non-hydrogen) atoms. The lowest BCUT2D eigenvalue weighted by atomic mass is 9.85. The normalized spacial score (nSPS) is 17.7. The van der Waals surface area contributed by atoms with Gasteiger partial charge in [-0.2, -0.15) is 0 Å². The fourth-order valence-corrected chi connectivity index (χ4v) is 3.47. The lowest BCUT2D eigenvalue weighted by Gasteiger charge is -2.26. The van der Waals surface area contributed by atoms with E-state index in [0.29, 0.717) is 22.1 Å². The molecule has 122 valence electrons.